The third-order valence-corrected chi connectivity index (χ3v) is 2.24. The second-order valence-corrected chi connectivity index (χ2v) is 3.59. The number of aromatic nitrogens is 2. The minimum atomic E-state index is 0.363. The molecule has 0 aliphatic rings. The van der Waals surface area contributed by atoms with Crippen LogP contribution in [0, 0.1) is 0 Å². The number of nitrogens with zero attached hydrogens (tertiary/aromatic N) is 2. The maximum atomic E-state index is 5.31. The van der Waals surface area contributed by atoms with Gasteiger partial charge in [-0.15, -0.1) is 0 Å². The zero-order chi connectivity index (χ0) is 10.1. The lowest BCUT2D eigenvalue weighted by Gasteiger charge is -2.08. The Labute approximate surface area is 83.3 Å². The van der Waals surface area contributed by atoms with Gasteiger partial charge in [0, 0.05) is 5.92 Å². The van der Waals surface area contributed by atoms with E-state index < -0.39 is 0 Å². The van der Waals surface area contributed by atoms with E-state index in [1.54, 1.807) is 11.8 Å². The average molecular weight is 190 g/mol. The summed E-state index contributed by atoms with van der Waals surface area (Å²) in [6, 6.07) is 7.98. The van der Waals surface area contributed by atoms with Crippen LogP contribution >= 0.6 is 0 Å². The van der Waals surface area contributed by atoms with Gasteiger partial charge in [-0.2, -0.15) is 4.73 Å². The van der Waals surface area contributed by atoms with Gasteiger partial charge in [-0.1, -0.05) is 26.0 Å². The molecular formula is C11H14N2O. The fourth-order valence-corrected chi connectivity index (χ4v) is 1.58. The Bertz CT molecular complexity index is 445. The summed E-state index contributed by atoms with van der Waals surface area (Å²) in [5, 5.41) is 0. The normalized spacial score (nSPS) is 11.1. The molecule has 2 rings (SSSR count). The van der Waals surface area contributed by atoms with E-state index in [1.807, 2.05) is 24.3 Å². The molecule has 74 valence electrons. The summed E-state index contributed by atoms with van der Waals surface area (Å²) in [4.78, 5) is 9.84. The van der Waals surface area contributed by atoms with Gasteiger partial charge in [-0.3, -0.25) is 0 Å². The van der Waals surface area contributed by atoms with Crippen LogP contribution in [0.5, 0.6) is 0 Å². The minimum absolute atomic E-state index is 0.363. The van der Waals surface area contributed by atoms with E-state index in [2.05, 4.69) is 18.8 Å². The Kier molecular flexibility index (Phi) is 2.15. The molecule has 3 heteroatoms. The largest absolute Gasteiger partial charge is 0.415 e. The van der Waals surface area contributed by atoms with Crippen LogP contribution in [0.15, 0.2) is 24.3 Å². The summed E-state index contributed by atoms with van der Waals surface area (Å²) in [7, 11) is 1.67. The van der Waals surface area contributed by atoms with Crippen molar-refractivity contribution in [3.63, 3.8) is 0 Å². The van der Waals surface area contributed by atoms with Crippen LogP contribution in [0.4, 0.5) is 0 Å². The number of benzene rings is 1. The predicted octanol–water partition coefficient (Wildman–Crippen LogP) is 2.22. The molecular weight excluding hydrogens is 176 g/mol. The highest BCUT2D eigenvalue weighted by atomic mass is 16.6. The molecule has 0 amide bonds. The van der Waals surface area contributed by atoms with Crippen LogP contribution in [0.1, 0.15) is 25.6 Å². The number of hydrogen-bond donors (Lipinski definition) is 0. The first-order chi connectivity index (χ1) is 6.74. The molecule has 0 atom stereocenters. The Balaban J connectivity index is 2.72. The topological polar surface area (TPSA) is 27.1 Å². The molecule has 2 aromatic rings. The van der Waals surface area contributed by atoms with E-state index in [9.17, 15) is 0 Å². The quantitative estimate of drug-likeness (QED) is 0.726. The molecule has 0 aliphatic carbocycles. The molecule has 0 radical (unpaired) electrons. The fourth-order valence-electron chi connectivity index (χ4n) is 1.58. The lowest BCUT2D eigenvalue weighted by Crippen LogP contribution is -2.11. The summed E-state index contributed by atoms with van der Waals surface area (Å²) in [5.41, 5.74) is 2.01. The number of hydrogen-bond acceptors (Lipinski definition) is 2. The van der Waals surface area contributed by atoms with Crippen LogP contribution in [-0.2, 0) is 0 Å². The van der Waals surface area contributed by atoms with Crippen LogP contribution in [-0.4, -0.2) is 16.8 Å². The summed E-state index contributed by atoms with van der Waals surface area (Å²) < 4.78 is 1.79. The van der Waals surface area contributed by atoms with E-state index in [0.717, 1.165) is 16.9 Å². The summed E-state index contributed by atoms with van der Waals surface area (Å²) in [6.07, 6.45) is 0. The molecule has 0 saturated heterocycles. The van der Waals surface area contributed by atoms with Gasteiger partial charge in [-0.25, -0.2) is 4.98 Å². The molecule has 0 N–H and O–H groups in total. The highest BCUT2D eigenvalue weighted by Gasteiger charge is 2.12. The van der Waals surface area contributed by atoms with Crippen LogP contribution in [0.3, 0.4) is 0 Å². The Hall–Kier alpha value is -1.51. The van der Waals surface area contributed by atoms with E-state index >= 15 is 0 Å². The van der Waals surface area contributed by atoms with E-state index in [1.165, 1.54) is 0 Å². The fraction of sp³-hybridized carbons (Fsp3) is 0.364. The first-order valence-electron chi connectivity index (χ1n) is 4.76. The molecule has 0 aliphatic heterocycles. The van der Waals surface area contributed by atoms with E-state index in [0.29, 0.717) is 5.92 Å². The first-order valence-corrected chi connectivity index (χ1v) is 4.76. The maximum absolute atomic E-state index is 5.31. The monoisotopic (exact) mass is 190 g/mol. The molecule has 14 heavy (non-hydrogen) atoms. The van der Waals surface area contributed by atoms with Crippen molar-refractivity contribution >= 4 is 11.0 Å². The molecule has 0 fully saturated rings. The second-order valence-electron chi connectivity index (χ2n) is 3.59. The van der Waals surface area contributed by atoms with Crippen molar-refractivity contribution in [1.29, 1.82) is 0 Å². The maximum Gasteiger partial charge on any atom is 0.148 e. The minimum Gasteiger partial charge on any atom is -0.415 e. The lowest BCUT2D eigenvalue weighted by molar-refractivity contribution is 0.166. The number of rotatable bonds is 2. The van der Waals surface area contributed by atoms with Gasteiger partial charge >= 0.3 is 0 Å². The number of para-hydroxylation sites is 2. The molecule has 1 aromatic carbocycles. The smallest absolute Gasteiger partial charge is 0.148 e. The molecule has 0 saturated carbocycles. The van der Waals surface area contributed by atoms with Crippen molar-refractivity contribution in [1.82, 2.24) is 9.71 Å². The van der Waals surface area contributed by atoms with Gasteiger partial charge in [0.05, 0.1) is 5.52 Å². The highest BCUT2D eigenvalue weighted by Crippen LogP contribution is 2.19. The number of imidazole rings is 1. The van der Waals surface area contributed by atoms with Crippen molar-refractivity contribution < 1.29 is 4.84 Å². The molecule has 1 aromatic heterocycles. The second kappa shape index (κ2) is 3.33. The molecule has 0 bridgehead atoms. The SMILES string of the molecule is COn1c(C(C)C)nc2ccccc21. The van der Waals surface area contributed by atoms with Crippen molar-refractivity contribution in [2.24, 2.45) is 0 Å². The van der Waals surface area contributed by atoms with Crippen molar-refractivity contribution in [2.75, 3.05) is 7.11 Å². The Morgan fingerprint density at radius 3 is 2.64 bits per heavy atom. The molecule has 0 unspecified atom stereocenters. The number of fused-ring (bicyclic) bond motifs is 1. The van der Waals surface area contributed by atoms with E-state index in [-0.39, 0.29) is 0 Å². The summed E-state index contributed by atoms with van der Waals surface area (Å²) in [5.74, 6) is 1.33. The van der Waals surface area contributed by atoms with Crippen molar-refractivity contribution in [2.45, 2.75) is 19.8 Å². The summed E-state index contributed by atoms with van der Waals surface area (Å²) >= 11 is 0. The third-order valence-electron chi connectivity index (χ3n) is 2.24. The van der Waals surface area contributed by atoms with Crippen LogP contribution in [0.2, 0.25) is 0 Å². The molecule has 3 nitrogen and oxygen atoms in total. The lowest BCUT2D eigenvalue weighted by atomic mass is 10.2. The summed E-state index contributed by atoms with van der Waals surface area (Å²) in [6.45, 7) is 4.22. The third kappa shape index (κ3) is 1.25. The first kappa shape index (κ1) is 9.06. The van der Waals surface area contributed by atoms with Gasteiger partial charge < -0.3 is 4.84 Å². The standard InChI is InChI=1S/C11H14N2O/c1-8(2)11-12-9-6-4-5-7-10(9)13(11)14-3/h4-8H,1-3H3. The molecule has 1 heterocycles. The highest BCUT2D eigenvalue weighted by molar-refractivity contribution is 5.75. The Morgan fingerprint density at radius 1 is 1.29 bits per heavy atom. The van der Waals surface area contributed by atoms with Gasteiger partial charge in [0.2, 0.25) is 0 Å². The zero-order valence-electron chi connectivity index (χ0n) is 8.69. The van der Waals surface area contributed by atoms with Gasteiger partial charge in [0.25, 0.3) is 0 Å². The van der Waals surface area contributed by atoms with E-state index in [4.69, 9.17) is 4.84 Å². The van der Waals surface area contributed by atoms with Crippen molar-refractivity contribution in [3.8, 4) is 0 Å². The predicted molar refractivity (Wildman–Crippen MR) is 56.3 cm³/mol. The van der Waals surface area contributed by atoms with Crippen molar-refractivity contribution in [3.05, 3.63) is 30.1 Å². The van der Waals surface area contributed by atoms with Crippen LogP contribution in [0.25, 0.3) is 11.0 Å². The van der Waals surface area contributed by atoms with Crippen LogP contribution < -0.4 is 4.84 Å². The Morgan fingerprint density at radius 2 is 2.00 bits per heavy atom. The zero-order valence-corrected chi connectivity index (χ0v) is 8.69. The average Bonchev–Trinajstić information content (AvgIpc) is 2.56. The van der Waals surface area contributed by atoms with Gasteiger partial charge in [0.1, 0.15) is 18.5 Å². The van der Waals surface area contributed by atoms with Gasteiger partial charge in [-0.05, 0) is 12.1 Å². The van der Waals surface area contributed by atoms with Gasteiger partial charge in [0.15, 0.2) is 0 Å². The molecule has 0 spiro atoms.